The van der Waals surface area contributed by atoms with Crippen LogP contribution in [0.3, 0.4) is 0 Å². The Morgan fingerprint density at radius 3 is 2.83 bits per heavy atom. The van der Waals surface area contributed by atoms with Crippen molar-refractivity contribution in [1.29, 1.82) is 0 Å². The maximum Gasteiger partial charge on any atom is 0.322 e. The number of hydrogen-bond acceptors (Lipinski definition) is 8. The highest BCUT2D eigenvalue weighted by atomic mass is 16.6. The molecular formula is C20H25N7O3. The molecule has 1 N–H and O–H groups in total. The van der Waals surface area contributed by atoms with E-state index in [0.717, 1.165) is 43.5 Å². The fourth-order valence-electron chi connectivity index (χ4n) is 3.53. The minimum absolute atomic E-state index is 0.0563. The number of aromatic nitrogens is 4. The van der Waals surface area contributed by atoms with E-state index in [4.69, 9.17) is 4.74 Å². The standard InChI is InChI=1S/C20H25N7O3/c1-3-15-13-22-26-18(15)23-20(30-17-7-9-25(2)10-8-17)24-19(26)21-12-14-5-4-6-16(11-14)27(28)29/h4-6,11,13,17H,3,7-10,12H2,1-2H3,(H,21,23,24). The first-order valence-electron chi connectivity index (χ1n) is 10.1. The van der Waals surface area contributed by atoms with Gasteiger partial charge in [0.25, 0.3) is 5.69 Å². The van der Waals surface area contributed by atoms with Crippen molar-refractivity contribution in [1.82, 2.24) is 24.5 Å². The molecule has 158 valence electrons. The summed E-state index contributed by atoms with van der Waals surface area (Å²) < 4.78 is 7.76. The van der Waals surface area contributed by atoms with E-state index in [1.54, 1.807) is 22.8 Å². The molecule has 1 saturated heterocycles. The lowest BCUT2D eigenvalue weighted by Crippen LogP contribution is -2.36. The molecule has 0 unspecified atom stereocenters. The first kappa shape index (κ1) is 20.0. The largest absolute Gasteiger partial charge is 0.460 e. The van der Waals surface area contributed by atoms with Gasteiger partial charge in [-0.2, -0.15) is 19.6 Å². The first-order chi connectivity index (χ1) is 14.5. The molecule has 0 atom stereocenters. The lowest BCUT2D eigenvalue weighted by atomic mass is 10.1. The number of non-ortho nitro benzene ring substituents is 1. The van der Waals surface area contributed by atoms with Crippen LogP contribution in [0.5, 0.6) is 6.01 Å². The van der Waals surface area contributed by atoms with Crippen molar-refractivity contribution >= 4 is 17.3 Å². The number of nitrogens with one attached hydrogen (secondary N) is 1. The molecule has 0 spiro atoms. The zero-order valence-corrected chi connectivity index (χ0v) is 17.1. The van der Waals surface area contributed by atoms with Gasteiger partial charge in [-0.1, -0.05) is 19.1 Å². The number of benzene rings is 1. The predicted molar refractivity (Wildman–Crippen MR) is 112 cm³/mol. The van der Waals surface area contributed by atoms with Crippen LogP contribution in [0.15, 0.2) is 30.5 Å². The van der Waals surface area contributed by atoms with Crippen LogP contribution >= 0.6 is 0 Å². The number of likely N-dealkylation sites (tertiary alicyclic amines) is 1. The molecule has 4 rings (SSSR count). The molecular weight excluding hydrogens is 386 g/mol. The van der Waals surface area contributed by atoms with Crippen molar-refractivity contribution in [2.24, 2.45) is 0 Å². The SMILES string of the molecule is CCc1cnn2c(NCc3cccc([N+](=O)[O-])c3)nc(OC3CCN(C)CC3)nc12. The second-order valence-electron chi connectivity index (χ2n) is 7.49. The molecule has 2 aromatic heterocycles. The van der Waals surface area contributed by atoms with Crippen LogP contribution in [-0.2, 0) is 13.0 Å². The molecule has 10 nitrogen and oxygen atoms in total. The van der Waals surface area contributed by atoms with Crippen LogP contribution in [0.4, 0.5) is 11.6 Å². The van der Waals surface area contributed by atoms with Gasteiger partial charge < -0.3 is 15.0 Å². The number of ether oxygens (including phenoxy) is 1. The molecule has 1 aromatic carbocycles. The monoisotopic (exact) mass is 411 g/mol. The number of nitro benzene ring substituents is 1. The summed E-state index contributed by atoms with van der Waals surface area (Å²) in [7, 11) is 2.11. The van der Waals surface area contributed by atoms with Crippen LogP contribution in [0, 0.1) is 10.1 Å². The van der Waals surface area contributed by atoms with E-state index in [2.05, 4.69) is 32.3 Å². The normalized spacial score (nSPS) is 15.4. The van der Waals surface area contributed by atoms with E-state index in [-0.39, 0.29) is 11.8 Å². The molecule has 0 bridgehead atoms. The average molecular weight is 411 g/mol. The Kier molecular flexibility index (Phi) is 5.75. The van der Waals surface area contributed by atoms with Gasteiger partial charge in [-0.15, -0.1) is 0 Å². The Hall–Kier alpha value is -3.27. The number of nitro groups is 1. The summed E-state index contributed by atoms with van der Waals surface area (Å²) in [4.78, 5) is 22.0. The number of hydrogen-bond donors (Lipinski definition) is 1. The molecule has 10 heteroatoms. The minimum atomic E-state index is -0.402. The van der Waals surface area contributed by atoms with Crippen LogP contribution in [0.2, 0.25) is 0 Å². The fourth-order valence-corrected chi connectivity index (χ4v) is 3.53. The summed E-state index contributed by atoms with van der Waals surface area (Å²) in [5.41, 5.74) is 2.54. The Bertz CT molecular complexity index is 1040. The summed E-state index contributed by atoms with van der Waals surface area (Å²) >= 11 is 0. The third-order valence-corrected chi connectivity index (χ3v) is 5.31. The van der Waals surface area contributed by atoms with Crippen molar-refractivity contribution in [3.8, 4) is 6.01 Å². The number of anilines is 1. The third kappa shape index (κ3) is 4.33. The highest BCUT2D eigenvalue weighted by Gasteiger charge is 2.21. The maximum atomic E-state index is 11.0. The fraction of sp³-hybridized carbons (Fsp3) is 0.450. The third-order valence-electron chi connectivity index (χ3n) is 5.31. The number of rotatable bonds is 7. The average Bonchev–Trinajstić information content (AvgIpc) is 3.17. The van der Waals surface area contributed by atoms with E-state index >= 15 is 0 Å². The van der Waals surface area contributed by atoms with E-state index in [1.165, 1.54) is 6.07 Å². The lowest BCUT2D eigenvalue weighted by molar-refractivity contribution is -0.384. The van der Waals surface area contributed by atoms with Gasteiger partial charge in [-0.05, 0) is 31.9 Å². The predicted octanol–water partition coefficient (Wildman–Crippen LogP) is 2.68. The summed E-state index contributed by atoms with van der Waals surface area (Å²) in [5, 5.41) is 18.7. The van der Waals surface area contributed by atoms with Gasteiger partial charge in [0.1, 0.15) is 6.10 Å². The van der Waals surface area contributed by atoms with Gasteiger partial charge in [0.05, 0.1) is 11.1 Å². The van der Waals surface area contributed by atoms with Gasteiger partial charge in [0.15, 0.2) is 5.65 Å². The number of aryl methyl sites for hydroxylation is 1. The topological polar surface area (TPSA) is 111 Å². The van der Waals surface area contributed by atoms with Gasteiger partial charge in [-0.3, -0.25) is 10.1 Å². The van der Waals surface area contributed by atoms with E-state index in [0.29, 0.717) is 24.2 Å². The Balaban J connectivity index is 1.58. The summed E-state index contributed by atoms with van der Waals surface area (Å²) in [6.45, 7) is 4.38. The van der Waals surface area contributed by atoms with Crippen LogP contribution < -0.4 is 10.1 Å². The number of nitrogens with zero attached hydrogens (tertiary/aromatic N) is 6. The van der Waals surface area contributed by atoms with Gasteiger partial charge in [0, 0.05) is 37.3 Å². The molecule has 1 aliphatic heterocycles. The highest BCUT2D eigenvalue weighted by molar-refractivity contribution is 5.52. The molecule has 1 fully saturated rings. The maximum absolute atomic E-state index is 11.0. The summed E-state index contributed by atoms with van der Waals surface area (Å²) in [6, 6.07) is 6.84. The van der Waals surface area contributed by atoms with Crippen molar-refractivity contribution in [2.75, 3.05) is 25.5 Å². The molecule has 0 radical (unpaired) electrons. The summed E-state index contributed by atoms with van der Waals surface area (Å²) in [5.74, 6) is 0.495. The Labute approximate surface area is 174 Å². The molecule has 3 aromatic rings. The first-order valence-corrected chi connectivity index (χ1v) is 10.1. The molecule has 0 aliphatic carbocycles. The molecule has 0 amide bonds. The van der Waals surface area contributed by atoms with E-state index < -0.39 is 4.92 Å². The van der Waals surface area contributed by atoms with Crippen molar-refractivity contribution in [2.45, 2.75) is 38.8 Å². The number of piperidine rings is 1. The van der Waals surface area contributed by atoms with E-state index in [9.17, 15) is 10.1 Å². The zero-order chi connectivity index (χ0) is 21.1. The van der Waals surface area contributed by atoms with Gasteiger partial charge in [-0.25, -0.2) is 0 Å². The molecule has 30 heavy (non-hydrogen) atoms. The van der Waals surface area contributed by atoms with Gasteiger partial charge in [0.2, 0.25) is 5.95 Å². The molecule has 1 aliphatic rings. The highest BCUT2D eigenvalue weighted by Crippen LogP contribution is 2.21. The second-order valence-corrected chi connectivity index (χ2v) is 7.49. The molecule has 3 heterocycles. The van der Waals surface area contributed by atoms with E-state index in [1.807, 2.05) is 13.0 Å². The quantitative estimate of drug-likeness (QED) is 0.467. The van der Waals surface area contributed by atoms with Crippen molar-refractivity contribution in [3.05, 3.63) is 51.7 Å². The van der Waals surface area contributed by atoms with Crippen molar-refractivity contribution < 1.29 is 9.66 Å². The zero-order valence-electron chi connectivity index (χ0n) is 17.1. The summed E-state index contributed by atoms with van der Waals surface area (Å²) in [6.07, 6.45) is 4.52. The second kappa shape index (κ2) is 8.62. The number of fused-ring (bicyclic) bond motifs is 1. The van der Waals surface area contributed by atoms with Crippen LogP contribution in [0.25, 0.3) is 5.65 Å². The lowest BCUT2D eigenvalue weighted by Gasteiger charge is -2.28. The Morgan fingerprint density at radius 2 is 2.10 bits per heavy atom. The molecule has 0 saturated carbocycles. The van der Waals surface area contributed by atoms with Crippen LogP contribution in [-0.4, -0.2) is 55.6 Å². The smallest absolute Gasteiger partial charge is 0.322 e. The van der Waals surface area contributed by atoms with Crippen LogP contribution in [0.1, 0.15) is 30.9 Å². The minimum Gasteiger partial charge on any atom is -0.460 e. The van der Waals surface area contributed by atoms with Crippen molar-refractivity contribution in [3.63, 3.8) is 0 Å². The van der Waals surface area contributed by atoms with Gasteiger partial charge >= 0.3 is 6.01 Å². The Morgan fingerprint density at radius 1 is 1.30 bits per heavy atom.